The lowest BCUT2D eigenvalue weighted by Crippen LogP contribution is -2.47. The second-order valence-corrected chi connectivity index (χ2v) is 2.45. The Bertz CT molecular complexity index is 58.9. The molecule has 0 amide bonds. The van der Waals surface area contributed by atoms with Gasteiger partial charge in [0.2, 0.25) is 0 Å². The summed E-state index contributed by atoms with van der Waals surface area (Å²) in [5.74, 6) is 0. The Labute approximate surface area is 72.4 Å². The fraction of sp³-hybridized carbons (Fsp3) is 1.00. The van der Waals surface area contributed by atoms with Crippen LogP contribution in [0.25, 0.3) is 0 Å². The van der Waals surface area contributed by atoms with Gasteiger partial charge in [-0.15, -0.1) is 0 Å². The third-order valence-electron chi connectivity index (χ3n) is 1.41. The van der Waals surface area contributed by atoms with Crippen LogP contribution in [-0.2, 0) is 4.74 Å². The monoisotopic (exact) mass is 175 g/mol. The highest BCUT2D eigenvalue weighted by molar-refractivity contribution is 4.49. The predicted octanol–water partition coefficient (Wildman–Crippen LogP) is -2.29. The maximum atomic E-state index is 4.85. The first-order valence-corrected chi connectivity index (χ1v) is 4.11. The van der Waals surface area contributed by atoms with Crippen molar-refractivity contribution in [1.82, 2.24) is 26.6 Å². The number of hydrogen-bond acceptors (Lipinski definition) is 6. The van der Waals surface area contributed by atoms with Crippen LogP contribution in [0.2, 0.25) is 0 Å². The summed E-state index contributed by atoms with van der Waals surface area (Å²) in [6, 6.07) is 0. The van der Waals surface area contributed by atoms with E-state index in [2.05, 4.69) is 26.6 Å². The van der Waals surface area contributed by atoms with Crippen LogP contribution in [-0.4, -0.2) is 40.1 Å². The van der Waals surface area contributed by atoms with Crippen molar-refractivity contribution >= 4 is 0 Å². The van der Waals surface area contributed by atoms with Crippen molar-refractivity contribution in [3.63, 3.8) is 0 Å². The maximum Gasteiger partial charge on any atom is 0.0992 e. The van der Waals surface area contributed by atoms with Crippen molar-refractivity contribution in [3.8, 4) is 0 Å². The molecule has 0 bridgehead atoms. The highest BCUT2D eigenvalue weighted by atomic mass is 16.5. The summed E-state index contributed by atoms with van der Waals surface area (Å²) in [7, 11) is 0. The smallest absolute Gasteiger partial charge is 0.0992 e. The number of ether oxygens (including phenoxy) is 1. The Morgan fingerprint density at radius 2 is 1.00 bits per heavy atom. The summed E-state index contributed by atoms with van der Waals surface area (Å²) >= 11 is 0. The molecule has 12 heavy (non-hydrogen) atoms. The van der Waals surface area contributed by atoms with Gasteiger partial charge in [-0.2, -0.15) is 0 Å². The Hall–Kier alpha value is -0.240. The molecule has 0 radical (unpaired) electrons. The molecule has 2 aliphatic heterocycles. The van der Waals surface area contributed by atoms with Crippen molar-refractivity contribution in [2.45, 2.75) is 0 Å². The molecule has 2 fully saturated rings. The highest BCUT2D eigenvalue weighted by Crippen LogP contribution is 1.69. The van der Waals surface area contributed by atoms with E-state index >= 15 is 0 Å². The molecule has 0 atom stereocenters. The molecule has 72 valence electrons. The first kappa shape index (κ1) is 9.85. The van der Waals surface area contributed by atoms with Crippen LogP contribution in [0, 0.1) is 0 Å². The van der Waals surface area contributed by atoms with Gasteiger partial charge in [0.15, 0.2) is 0 Å². The lowest BCUT2D eigenvalue weighted by Gasteiger charge is -2.13. The van der Waals surface area contributed by atoms with E-state index < -0.39 is 0 Å². The standard InChI is InChI=1S/C3H9N3.C3H8N2O/c2*1-4-2-6-3-5-1/h4-6H,1-3H2;4-5H,1-3H2. The largest absolute Gasteiger partial charge is 0.351 e. The fourth-order valence-corrected chi connectivity index (χ4v) is 0.838. The van der Waals surface area contributed by atoms with Gasteiger partial charge in [0.05, 0.1) is 13.5 Å². The van der Waals surface area contributed by atoms with Crippen LogP contribution in [0.4, 0.5) is 0 Å². The normalized spacial score (nSPS) is 24.0. The van der Waals surface area contributed by atoms with Crippen LogP contribution in [0.5, 0.6) is 0 Å². The van der Waals surface area contributed by atoms with E-state index in [1.165, 1.54) is 0 Å². The zero-order valence-electron chi connectivity index (χ0n) is 7.15. The van der Waals surface area contributed by atoms with E-state index in [0.717, 1.165) is 26.7 Å². The summed E-state index contributed by atoms with van der Waals surface area (Å²) in [6.45, 7) is 5.06. The second kappa shape index (κ2) is 7.41. The second-order valence-electron chi connectivity index (χ2n) is 2.45. The Balaban J connectivity index is 0.000000120. The molecule has 0 aromatic rings. The van der Waals surface area contributed by atoms with E-state index in [1.807, 2.05) is 0 Å². The first-order chi connectivity index (χ1) is 6.00. The van der Waals surface area contributed by atoms with Crippen LogP contribution in [0.15, 0.2) is 0 Å². The van der Waals surface area contributed by atoms with Gasteiger partial charge in [-0.05, 0) is 0 Å². The summed E-state index contributed by atoms with van der Waals surface area (Å²) in [4.78, 5) is 0. The molecule has 0 spiro atoms. The molecular formula is C6H17N5O. The van der Waals surface area contributed by atoms with Crippen LogP contribution < -0.4 is 26.6 Å². The molecule has 6 nitrogen and oxygen atoms in total. The minimum absolute atomic E-state index is 0.688. The van der Waals surface area contributed by atoms with E-state index in [4.69, 9.17) is 4.74 Å². The van der Waals surface area contributed by atoms with Gasteiger partial charge in [0.25, 0.3) is 0 Å². The summed E-state index contributed by atoms with van der Waals surface area (Å²) in [6.07, 6.45) is 0. The Kier molecular flexibility index (Phi) is 6.08. The van der Waals surface area contributed by atoms with Gasteiger partial charge in [-0.25, -0.2) is 0 Å². The lowest BCUT2D eigenvalue weighted by molar-refractivity contribution is 0.0642. The first-order valence-electron chi connectivity index (χ1n) is 4.11. The van der Waals surface area contributed by atoms with Gasteiger partial charge >= 0.3 is 0 Å². The average molecular weight is 175 g/mol. The van der Waals surface area contributed by atoms with Crippen molar-refractivity contribution in [2.24, 2.45) is 0 Å². The highest BCUT2D eigenvalue weighted by Gasteiger charge is 1.90. The molecule has 2 aliphatic rings. The molecular weight excluding hydrogens is 158 g/mol. The van der Waals surface area contributed by atoms with E-state index in [0.29, 0.717) is 13.5 Å². The number of rotatable bonds is 0. The molecule has 0 aromatic heterocycles. The molecule has 2 rings (SSSR count). The minimum atomic E-state index is 0.688. The van der Waals surface area contributed by atoms with Crippen molar-refractivity contribution in [3.05, 3.63) is 0 Å². The minimum Gasteiger partial charge on any atom is -0.351 e. The Morgan fingerprint density at radius 3 is 1.17 bits per heavy atom. The number of hydrogen-bond donors (Lipinski definition) is 5. The molecule has 2 heterocycles. The zero-order valence-corrected chi connectivity index (χ0v) is 7.15. The van der Waals surface area contributed by atoms with Gasteiger partial charge in [0, 0.05) is 26.7 Å². The zero-order chi connectivity index (χ0) is 8.49. The van der Waals surface area contributed by atoms with Crippen LogP contribution in [0.3, 0.4) is 0 Å². The van der Waals surface area contributed by atoms with Gasteiger partial charge in [-0.1, -0.05) is 0 Å². The van der Waals surface area contributed by atoms with Crippen molar-refractivity contribution in [1.29, 1.82) is 0 Å². The molecule has 0 unspecified atom stereocenters. The summed E-state index contributed by atoms with van der Waals surface area (Å²) in [5.41, 5.74) is 0. The summed E-state index contributed by atoms with van der Waals surface area (Å²) < 4.78 is 4.85. The Morgan fingerprint density at radius 1 is 0.583 bits per heavy atom. The topological polar surface area (TPSA) is 69.4 Å². The number of nitrogens with one attached hydrogen (secondary N) is 5. The van der Waals surface area contributed by atoms with Crippen molar-refractivity contribution < 1.29 is 4.74 Å². The van der Waals surface area contributed by atoms with Gasteiger partial charge in [0.1, 0.15) is 0 Å². The van der Waals surface area contributed by atoms with E-state index in [9.17, 15) is 0 Å². The molecule has 0 aliphatic carbocycles. The van der Waals surface area contributed by atoms with Gasteiger partial charge < -0.3 is 4.74 Å². The van der Waals surface area contributed by atoms with Crippen molar-refractivity contribution in [2.75, 3.05) is 40.1 Å². The average Bonchev–Trinajstić information content (AvgIpc) is 2.24. The van der Waals surface area contributed by atoms with Gasteiger partial charge in [-0.3, -0.25) is 26.6 Å². The molecule has 2 saturated heterocycles. The van der Waals surface area contributed by atoms with Crippen LogP contribution in [0.1, 0.15) is 0 Å². The lowest BCUT2D eigenvalue weighted by atomic mass is 10.8. The SMILES string of the molecule is C1NCNCN1.C1NCOCN1. The molecule has 0 saturated carbocycles. The van der Waals surface area contributed by atoms with Crippen LogP contribution >= 0.6 is 0 Å². The quantitative estimate of drug-likeness (QED) is 0.285. The summed E-state index contributed by atoms with van der Waals surface area (Å²) in [5, 5.41) is 15.1. The van der Waals surface area contributed by atoms with E-state index in [1.54, 1.807) is 0 Å². The van der Waals surface area contributed by atoms with E-state index in [-0.39, 0.29) is 0 Å². The molecule has 6 heteroatoms. The molecule has 0 aromatic carbocycles. The third-order valence-corrected chi connectivity index (χ3v) is 1.41. The predicted molar refractivity (Wildman–Crippen MR) is 46.0 cm³/mol. The maximum absolute atomic E-state index is 4.85. The fourth-order valence-electron chi connectivity index (χ4n) is 0.838. The molecule has 5 N–H and O–H groups in total. The third kappa shape index (κ3) is 5.42.